The number of hydrogen-bond acceptors (Lipinski definition) is 7. The van der Waals surface area contributed by atoms with E-state index in [1.54, 1.807) is 19.1 Å². The van der Waals surface area contributed by atoms with Gasteiger partial charge in [0.05, 0.1) is 23.4 Å². The molecule has 9 nitrogen and oxygen atoms in total. The number of benzene rings is 2. The predicted molar refractivity (Wildman–Crippen MR) is 133 cm³/mol. The summed E-state index contributed by atoms with van der Waals surface area (Å²) in [5.41, 5.74) is 3.59. The second-order valence-corrected chi connectivity index (χ2v) is 9.56. The average Bonchev–Trinajstić information content (AvgIpc) is 3.40. The van der Waals surface area contributed by atoms with Crippen molar-refractivity contribution in [2.24, 2.45) is 5.92 Å². The highest BCUT2D eigenvalue weighted by molar-refractivity contribution is 6.30. The first-order valence-electron chi connectivity index (χ1n) is 12.0. The fraction of sp³-hybridized carbons (Fsp3) is 0.346. The molecule has 5 rings (SSSR count). The van der Waals surface area contributed by atoms with E-state index in [0.717, 1.165) is 17.7 Å². The molecule has 1 fully saturated rings. The Kier molecular flexibility index (Phi) is 6.73. The van der Waals surface area contributed by atoms with E-state index >= 15 is 0 Å². The average molecular weight is 508 g/mol. The maximum atomic E-state index is 13.3. The Balaban J connectivity index is 1.20. The van der Waals surface area contributed by atoms with E-state index in [4.69, 9.17) is 16.2 Å². The van der Waals surface area contributed by atoms with E-state index < -0.39 is 0 Å². The van der Waals surface area contributed by atoms with Crippen LogP contribution in [0.3, 0.4) is 0 Å². The van der Waals surface area contributed by atoms with Crippen molar-refractivity contribution in [2.75, 3.05) is 24.5 Å². The molecule has 0 aliphatic carbocycles. The summed E-state index contributed by atoms with van der Waals surface area (Å²) in [5.74, 6) is -0.750. The number of hydrogen-bond donors (Lipinski definition) is 1. The van der Waals surface area contributed by atoms with Gasteiger partial charge >= 0.3 is 0 Å². The zero-order valence-electron chi connectivity index (χ0n) is 19.9. The van der Waals surface area contributed by atoms with Gasteiger partial charge < -0.3 is 10.2 Å². The Morgan fingerprint density at radius 2 is 1.89 bits per heavy atom. The van der Waals surface area contributed by atoms with Crippen molar-refractivity contribution in [2.45, 2.75) is 32.7 Å². The molecule has 0 saturated carbocycles. The van der Waals surface area contributed by atoms with Crippen molar-refractivity contribution in [1.82, 2.24) is 20.5 Å². The maximum Gasteiger partial charge on any atom is 0.264 e. The summed E-state index contributed by atoms with van der Waals surface area (Å²) in [6.45, 7) is 3.53. The molecule has 2 aliphatic rings. The molecule has 0 bridgehead atoms. The van der Waals surface area contributed by atoms with Gasteiger partial charge in [0.25, 0.3) is 11.8 Å². The number of fused-ring (bicyclic) bond motifs is 1. The number of amides is 3. The van der Waals surface area contributed by atoms with E-state index in [-0.39, 0.29) is 30.2 Å². The maximum absolute atomic E-state index is 13.3. The number of carbonyl (C=O) groups excluding carboxylic acids is 3. The molecule has 0 unspecified atom stereocenters. The second kappa shape index (κ2) is 10.1. The third-order valence-corrected chi connectivity index (χ3v) is 7.07. The largest absolute Gasteiger partial charge is 0.371 e. The fourth-order valence-corrected chi connectivity index (χ4v) is 5.03. The molecular weight excluding hydrogens is 482 g/mol. The molecule has 0 radical (unpaired) electrons. The van der Waals surface area contributed by atoms with Crippen molar-refractivity contribution in [1.29, 1.82) is 0 Å². The Bertz CT molecular complexity index is 1320. The topological polar surface area (TPSA) is 109 Å². The van der Waals surface area contributed by atoms with Crippen molar-refractivity contribution < 1.29 is 19.0 Å². The Morgan fingerprint density at radius 1 is 1.11 bits per heavy atom. The minimum absolute atomic E-state index is 0.0125. The molecule has 3 amide bonds. The Labute approximate surface area is 213 Å². The van der Waals surface area contributed by atoms with E-state index in [9.17, 15) is 14.4 Å². The number of aromatic nitrogens is 2. The summed E-state index contributed by atoms with van der Waals surface area (Å²) in [6, 6.07) is 13.0. The molecule has 1 N–H and O–H groups in total. The molecule has 3 aromatic rings. The minimum atomic E-state index is -0.354. The molecule has 0 spiro atoms. The van der Waals surface area contributed by atoms with Gasteiger partial charge in [-0.05, 0) is 56.0 Å². The van der Waals surface area contributed by atoms with Crippen LogP contribution in [-0.4, -0.2) is 52.6 Å². The van der Waals surface area contributed by atoms with Gasteiger partial charge in [0, 0.05) is 30.6 Å². The first-order valence-corrected chi connectivity index (χ1v) is 12.3. The van der Waals surface area contributed by atoms with E-state index in [1.807, 2.05) is 30.3 Å². The lowest BCUT2D eigenvalue weighted by molar-refractivity contribution is -0.125. The van der Waals surface area contributed by atoms with E-state index in [1.165, 1.54) is 4.90 Å². The fourth-order valence-electron chi connectivity index (χ4n) is 4.81. The summed E-state index contributed by atoms with van der Waals surface area (Å²) >= 11 is 6.03. The Hall–Kier alpha value is -3.72. The molecule has 36 heavy (non-hydrogen) atoms. The molecular formula is C26H26ClN5O4. The summed E-state index contributed by atoms with van der Waals surface area (Å²) in [4.78, 5) is 42.2. The number of aryl methyl sites for hydroxylation is 1. The summed E-state index contributed by atoms with van der Waals surface area (Å²) in [7, 11) is 0. The molecule has 0 atom stereocenters. The van der Waals surface area contributed by atoms with E-state index in [0.29, 0.717) is 60.0 Å². The molecule has 186 valence electrons. The normalized spacial score (nSPS) is 15.9. The van der Waals surface area contributed by atoms with Crippen molar-refractivity contribution in [3.05, 3.63) is 75.6 Å². The van der Waals surface area contributed by atoms with Gasteiger partial charge in [-0.15, -0.1) is 0 Å². The molecule has 10 heteroatoms. The lowest BCUT2D eigenvalue weighted by atomic mass is 9.94. The summed E-state index contributed by atoms with van der Waals surface area (Å²) < 4.78 is 4.71. The van der Waals surface area contributed by atoms with Crippen LogP contribution in [0.4, 0.5) is 5.69 Å². The Morgan fingerprint density at radius 3 is 2.61 bits per heavy atom. The molecule has 2 aromatic carbocycles. The van der Waals surface area contributed by atoms with Gasteiger partial charge in [0.2, 0.25) is 5.91 Å². The molecule has 2 aliphatic heterocycles. The molecule has 3 heterocycles. The van der Waals surface area contributed by atoms with Gasteiger partial charge in [-0.1, -0.05) is 40.1 Å². The van der Waals surface area contributed by atoms with Crippen LogP contribution in [-0.2, 0) is 17.8 Å². The smallest absolute Gasteiger partial charge is 0.264 e. The standard InChI is InChI=1S/C26H26ClN5O4/c1-16-21(30-36-29-16)15-32-25(34)20-6-3-7-22(23(20)26(32)35)31-12-9-18(10-13-31)24(33)28-11-8-17-4-2-5-19(27)14-17/h2-7,14,18H,8-13,15H2,1H3,(H,28,33). The van der Waals surface area contributed by atoms with Crippen LogP contribution in [0.15, 0.2) is 47.1 Å². The van der Waals surface area contributed by atoms with Crippen LogP contribution in [0.25, 0.3) is 0 Å². The van der Waals surface area contributed by atoms with Gasteiger partial charge in [-0.2, -0.15) is 0 Å². The van der Waals surface area contributed by atoms with Crippen molar-refractivity contribution >= 4 is 35.0 Å². The SMILES string of the molecule is Cc1nonc1CN1C(=O)c2cccc(N3CCC(C(=O)NCCc4cccc(Cl)c4)CC3)c2C1=O. The van der Waals surface area contributed by atoms with Crippen LogP contribution in [0.1, 0.15) is 50.5 Å². The second-order valence-electron chi connectivity index (χ2n) is 9.12. The number of halogens is 1. The minimum Gasteiger partial charge on any atom is -0.371 e. The van der Waals surface area contributed by atoms with Crippen LogP contribution in [0, 0.1) is 12.8 Å². The van der Waals surface area contributed by atoms with Crippen molar-refractivity contribution in [3.8, 4) is 0 Å². The highest BCUT2D eigenvalue weighted by Gasteiger charge is 2.39. The third-order valence-electron chi connectivity index (χ3n) is 6.84. The summed E-state index contributed by atoms with van der Waals surface area (Å²) in [5, 5.41) is 11.3. The molecule has 1 aromatic heterocycles. The lowest BCUT2D eigenvalue weighted by Gasteiger charge is -2.33. The highest BCUT2D eigenvalue weighted by atomic mass is 35.5. The number of carbonyl (C=O) groups is 3. The first kappa shape index (κ1) is 24.0. The van der Waals surface area contributed by atoms with Gasteiger partial charge in [0.1, 0.15) is 11.4 Å². The number of rotatable bonds is 7. The number of nitrogens with one attached hydrogen (secondary N) is 1. The van der Waals surface area contributed by atoms with Crippen LogP contribution >= 0.6 is 11.6 Å². The number of anilines is 1. The van der Waals surface area contributed by atoms with Gasteiger partial charge in [-0.3, -0.25) is 19.3 Å². The van der Waals surface area contributed by atoms with E-state index in [2.05, 4.69) is 20.5 Å². The highest BCUT2D eigenvalue weighted by Crippen LogP contribution is 2.34. The van der Waals surface area contributed by atoms with Crippen LogP contribution in [0.2, 0.25) is 5.02 Å². The molecule has 1 saturated heterocycles. The third kappa shape index (κ3) is 4.70. The zero-order chi connectivity index (χ0) is 25.2. The first-order chi connectivity index (χ1) is 17.4. The van der Waals surface area contributed by atoms with Crippen molar-refractivity contribution in [3.63, 3.8) is 0 Å². The predicted octanol–water partition coefficient (Wildman–Crippen LogP) is 3.40. The van der Waals surface area contributed by atoms with Gasteiger partial charge in [0.15, 0.2) is 0 Å². The number of nitrogens with zero attached hydrogens (tertiary/aromatic N) is 4. The van der Waals surface area contributed by atoms with Crippen LogP contribution < -0.4 is 10.2 Å². The number of imide groups is 1. The quantitative estimate of drug-likeness (QED) is 0.488. The summed E-state index contributed by atoms with van der Waals surface area (Å²) in [6.07, 6.45) is 2.06. The number of piperidine rings is 1. The van der Waals surface area contributed by atoms with Gasteiger partial charge in [-0.25, -0.2) is 4.63 Å². The van der Waals surface area contributed by atoms with Crippen LogP contribution in [0.5, 0.6) is 0 Å². The lowest BCUT2D eigenvalue weighted by Crippen LogP contribution is -2.41. The zero-order valence-corrected chi connectivity index (χ0v) is 20.6. The monoisotopic (exact) mass is 507 g/mol.